The minimum absolute atomic E-state index is 0.0445. The van der Waals surface area contributed by atoms with Crippen LogP contribution in [0.2, 0.25) is 0 Å². The highest BCUT2D eigenvalue weighted by Gasteiger charge is 2.38. The number of nitrogens with zero attached hydrogens (tertiary/aromatic N) is 4. The van der Waals surface area contributed by atoms with E-state index in [9.17, 15) is 13.2 Å². The van der Waals surface area contributed by atoms with Gasteiger partial charge in [-0.1, -0.05) is 12.2 Å². The van der Waals surface area contributed by atoms with E-state index in [1.165, 1.54) is 0 Å². The molecule has 1 aliphatic carbocycles. The SMILES string of the molecule is Cc1c(N[C@@H]2C=C[C@H](CO)C2)nn2c(C(F)(F)F)nnc2c1C. The summed E-state index contributed by atoms with van der Waals surface area (Å²) < 4.78 is 39.7. The van der Waals surface area contributed by atoms with Gasteiger partial charge in [-0.3, -0.25) is 0 Å². The van der Waals surface area contributed by atoms with E-state index in [4.69, 9.17) is 5.11 Å². The molecule has 2 atom stereocenters. The van der Waals surface area contributed by atoms with Crippen molar-refractivity contribution in [1.82, 2.24) is 19.8 Å². The van der Waals surface area contributed by atoms with Gasteiger partial charge in [0, 0.05) is 24.1 Å². The summed E-state index contributed by atoms with van der Waals surface area (Å²) in [4.78, 5) is 0. The van der Waals surface area contributed by atoms with Crippen molar-refractivity contribution < 1.29 is 18.3 Å². The molecule has 0 amide bonds. The van der Waals surface area contributed by atoms with Crippen LogP contribution < -0.4 is 5.32 Å². The van der Waals surface area contributed by atoms with Crippen molar-refractivity contribution in [2.24, 2.45) is 5.92 Å². The van der Waals surface area contributed by atoms with Gasteiger partial charge in [0.15, 0.2) is 11.5 Å². The Morgan fingerprint density at radius 3 is 2.61 bits per heavy atom. The highest BCUT2D eigenvalue weighted by molar-refractivity contribution is 5.58. The maximum Gasteiger partial charge on any atom is 0.453 e. The van der Waals surface area contributed by atoms with Crippen LogP contribution in [-0.4, -0.2) is 37.6 Å². The van der Waals surface area contributed by atoms with Crippen LogP contribution in [-0.2, 0) is 6.18 Å². The van der Waals surface area contributed by atoms with Crippen LogP contribution in [0, 0.1) is 19.8 Å². The lowest BCUT2D eigenvalue weighted by Crippen LogP contribution is -2.20. The molecule has 0 bridgehead atoms. The third-order valence-electron chi connectivity index (χ3n) is 4.08. The minimum Gasteiger partial charge on any atom is -0.396 e. The highest BCUT2D eigenvalue weighted by atomic mass is 19.4. The van der Waals surface area contributed by atoms with Gasteiger partial charge < -0.3 is 10.4 Å². The number of aromatic nitrogens is 4. The fraction of sp³-hybridized carbons (Fsp3) is 0.500. The molecule has 2 N–H and O–H groups in total. The van der Waals surface area contributed by atoms with Crippen molar-refractivity contribution in [2.75, 3.05) is 11.9 Å². The van der Waals surface area contributed by atoms with Crippen LogP contribution in [0.4, 0.5) is 19.0 Å². The van der Waals surface area contributed by atoms with Gasteiger partial charge in [-0.25, -0.2) is 0 Å². The number of aliphatic hydroxyl groups is 1. The van der Waals surface area contributed by atoms with Crippen molar-refractivity contribution >= 4 is 11.5 Å². The summed E-state index contributed by atoms with van der Waals surface area (Å²) in [5, 5.41) is 23.1. The molecule has 0 radical (unpaired) electrons. The molecule has 2 aromatic rings. The first-order chi connectivity index (χ1) is 10.8. The van der Waals surface area contributed by atoms with Gasteiger partial charge in [0.1, 0.15) is 0 Å². The zero-order chi connectivity index (χ0) is 16.8. The molecule has 0 aromatic carbocycles. The minimum atomic E-state index is -4.62. The van der Waals surface area contributed by atoms with Gasteiger partial charge in [0.25, 0.3) is 5.82 Å². The number of rotatable bonds is 3. The van der Waals surface area contributed by atoms with Crippen molar-refractivity contribution in [1.29, 1.82) is 0 Å². The van der Waals surface area contributed by atoms with E-state index < -0.39 is 12.0 Å². The van der Waals surface area contributed by atoms with E-state index in [-0.39, 0.29) is 24.2 Å². The number of aliphatic hydroxyl groups excluding tert-OH is 1. The Kier molecular flexibility index (Phi) is 3.75. The monoisotopic (exact) mass is 327 g/mol. The first kappa shape index (κ1) is 15.7. The average Bonchev–Trinajstić information content (AvgIpc) is 3.10. The van der Waals surface area contributed by atoms with Crippen molar-refractivity contribution in [3.8, 4) is 0 Å². The summed E-state index contributed by atoms with van der Waals surface area (Å²) in [6, 6.07) is -0.0824. The first-order valence-electron chi connectivity index (χ1n) is 7.16. The highest BCUT2D eigenvalue weighted by Crippen LogP contribution is 2.30. The third kappa shape index (κ3) is 2.76. The van der Waals surface area contributed by atoms with Gasteiger partial charge >= 0.3 is 6.18 Å². The first-order valence-corrected chi connectivity index (χ1v) is 7.16. The summed E-state index contributed by atoms with van der Waals surface area (Å²) in [6.07, 6.45) is -0.180. The molecule has 2 aromatic heterocycles. The molecule has 0 saturated heterocycles. The second-order valence-electron chi connectivity index (χ2n) is 5.67. The van der Waals surface area contributed by atoms with E-state index in [2.05, 4.69) is 20.6 Å². The van der Waals surface area contributed by atoms with Crippen LogP contribution in [0.5, 0.6) is 0 Å². The molecule has 9 heteroatoms. The summed E-state index contributed by atoms with van der Waals surface area (Å²) in [5.74, 6) is -0.735. The number of fused-ring (bicyclic) bond motifs is 1. The Morgan fingerprint density at radius 2 is 2.00 bits per heavy atom. The number of aryl methyl sites for hydroxylation is 1. The van der Waals surface area contributed by atoms with E-state index in [0.29, 0.717) is 17.8 Å². The molecular weight excluding hydrogens is 311 g/mol. The fourth-order valence-electron chi connectivity index (χ4n) is 2.64. The van der Waals surface area contributed by atoms with Crippen LogP contribution in [0.15, 0.2) is 12.2 Å². The van der Waals surface area contributed by atoms with Crippen LogP contribution in [0.3, 0.4) is 0 Å². The average molecular weight is 327 g/mol. The molecule has 0 spiro atoms. The van der Waals surface area contributed by atoms with Crippen LogP contribution >= 0.6 is 0 Å². The van der Waals surface area contributed by atoms with Crippen molar-refractivity contribution in [3.05, 3.63) is 29.1 Å². The number of anilines is 1. The number of hydrogen-bond donors (Lipinski definition) is 2. The Morgan fingerprint density at radius 1 is 1.26 bits per heavy atom. The maximum absolute atomic E-state index is 13.0. The summed E-state index contributed by atoms with van der Waals surface area (Å²) in [7, 11) is 0. The Balaban J connectivity index is 2.00. The quantitative estimate of drug-likeness (QED) is 0.845. The number of nitrogens with one attached hydrogen (secondary N) is 1. The van der Waals surface area contributed by atoms with Crippen molar-refractivity contribution in [3.63, 3.8) is 0 Å². The molecule has 124 valence electrons. The number of alkyl halides is 3. The summed E-state index contributed by atoms with van der Waals surface area (Å²) in [5.41, 5.74) is 1.40. The predicted molar refractivity (Wildman–Crippen MR) is 77.0 cm³/mol. The van der Waals surface area contributed by atoms with Crippen molar-refractivity contribution in [2.45, 2.75) is 32.5 Å². The summed E-state index contributed by atoms with van der Waals surface area (Å²) in [6.45, 7) is 3.50. The number of hydrogen-bond acceptors (Lipinski definition) is 5. The topological polar surface area (TPSA) is 75.3 Å². The third-order valence-corrected chi connectivity index (χ3v) is 4.08. The molecule has 0 unspecified atom stereocenters. The van der Waals surface area contributed by atoms with Crippen LogP contribution in [0.1, 0.15) is 23.4 Å². The molecule has 0 aliphatic heterocycles. The molecule has 1 aliphatic rings. The van der Waals surface area contributed by atoms with E-state index >= 15 is 0 Å². The molecule has 2 heterocycles. The smallest absolute Gasteiger partial charge is 0.396 e. The normalized spacial score (nSPS) is 21.3. The van der Waals surface area contributed by atoms with E-state index in [0.717, 1.165) is 10.1 Å². The predicted octanol–water partition coefficient (Wildman–Crippen LogP) is 2.11. The van der Waals surface area contributed by atoms with E-state index in [1.54, 1.807) is 13.8 Å². The lowest BCUT2D eigenvalue weighted by Gasteiger charge is -2.17. The number of halogens is 3. The largest absolute Gasteiger partial charge is 0.453 e. The summed E-state index contributed by atoms with van der Waals surface area (Å²) >= 11 is 0. The molecule has 23 heavy (non-hydrogen) atoms. The Hall–Kier alpha value is -2.16. The lowest BCUT2D eigenvalue weighted by molar-refractivity contribution is -0.146. The standard InChI is InChI=1S/C14H16F3N5O/c1-7-8(2)12-19-20-13(14(15,16)17)22(12)21-11(7)18-10-4-3-9(5-10)6-23/h3-4,9-10,23H,5-6H2,1-2H3,(H,18,21)/t9-,10+/m0/s1. The van der Waals surface area contributed by atoms with Gasteiger partial charge in [0.05, 0.1) is 0 Å². The van der Waals surface area contributed by atoms with Crippen LogP contribution in [0.25, 0.3) is 5.65 Å². The zero-order valence-electron chi connectivity index (χ0n) is 12.6. The fourth-order valence-corrected chi connectivity index (χ4v) is 2.64. The maximum atomic E-state index is 13.0. The molecular formula is C14H16F3N5O. The molecule has 6 nitrogen and oxygen atoms in total. The Labute approximate surface area is 130 Å². The van der Waals surface area contributed by atoms with Gasteiger partial charge in [0.2, 0.25) is 0 Å². The van der Waals surface area contributed by atoms with Gasteiger partial charge in [-0.15, -0.1) is 15.3 Å². The zero-order valence-corrected chi connectivity index (χ0v) is 12.6. The van der Waals surface area contributed by atoms with Gasteiger partial charge in [-0.2, -0.15) is 17.7 Å². The molecule has 0 fully saturated rings. The second-order valence-corrected chi connectivity index (χ2v) is 5.67. The Bertz CT molecular complexity index is 768. The lowest BCUT2D eigenvalue weighted by atomic mass is 10.1. The molecule has 3 rings (SSSR count). The second kappa shape index (κ2) is 5.48. The molecule has 0 saturated carbocycles. The van der Waals surface area contributed by atoms with Gasteiger partial charge in [-0.05, 0) is 25.8 Å². The van der Waals surface area contributed by atoms with E-state index in [1.807, 2.05) is 12.2 Å².